The molecule has 1 aromatic carbocycles. The van der Waals surface area contributed by atoms with E-state index in [1.54, 1.807) is 4.90 Å². The van der Waals surface area contributed by atoms with Crippen LogP contribution >= 0.6 is 0 Å². The highest BCUT2D eigenvalue weighted by Crippen LogP contribution is 2.19. The number of ether oxygens (including phenoxy) is 1. The van der Waals surface area contributed by atoms with Gasteiger partial charge in [0.1, 0.15) is 11.6 Å². The van der Waals surface area contributed by atoms with Crippen LogP contribution in [0.1, 0.15) is 24.2 Å². The third-order valence-electron chi connectivity index (χ3n) is 2.89. The van der Waals surface area contributed by atoms with Gasteiger partial charge < -0.3 is 14.7 Å². The molecule has 2 atom stereocenters. The van der Waals surface area contributed by atoms with Gasteiger partial charge in [0, 0.05) is 19.2 Å². The number of halogens is 1. The van der Waals surface area contributed by atoms with Gasteiger partial charge in [0.2, 0.25) is 0 Å². The highest BCUT2D eigenvalue weighted by molar-refractivity contribution is 5.94. The molecule has 98 valence electrons. The van der Waals surface area contributed by atoms with Crippen molar-refractivity contribution in [2.45, 2.75) is 26.1 Å². The molecule has 4 nitrogen and oxygen atoms in total. The summed E-state index contributed by atoms with van der Waals surface area (Å²) < 4.78 is 19.1. The van der Waals surface area contributed by atoms with Crippen molar-refractivity contribution in [1.29, 1.82) is 0 Å². The van der Waals surface area contributed by atoms with Gasteiger partial charge in [-0.2, -0.15) is 0 Å². The van der Waals surface area contributed by atoms with Crippen LogP contribution in [0.5, 0.6) is 5.75 Å². The molecule has 1 saturated heterocycles. The average Bonchev–Trinajstić information content (AvgIpc) is 2.26. The van der Waals surface area contributed by atoms with Gasteiger partial charge in [0.25, 0.3) is 5.91 Å². The number of phenols is 1. The maximum atomic E-state index is 13.6. The molecular formula is C13H16FNO3. The molecule has 1 fully saturated rings. The third kappa shape index (κ3) is 2.61. The minimum Gasteiger partial charge on any atom is -0.508 e. The van der Waals surface area contributed by atoms with Crippen LogP contribution in [0.3, 0.4) is 0 Å². The van der Waals surface area contributed by atoms with E-state index >= 15 is 0 Å². The number of morpholine rings is 1. The summed E-state index contributed by atoms with van der Waals surface area (Å²) in [5.74, 6) is -1.26. The summed E-state index contributed by atoms with van der Waals surface area (Å²) in [6.45, 7) is 4.65. The Bertz CT molecular complexity index is 454. The minimum absolute atomic E-state index is 0.0194. The van der Waals surface area contributed by atoms with E-state index in [0.717, 1.165) is 6.07 Å². The second-order valence-electron chi connectivity index (χ2n) is 4.63. The summed E-state index contributed by atoms with van der Waals surface area (Å²) in [5, 5.41) is 9.13. The maximum Gasteiger partial charge on any atom is 0.257 e. The third-order valence-corrected chi connectivity index (χ3v) is 2.89. The molecule has 1 heterocycles. The number of phenolic OH excluding ortho intramolecular Hbond substituents is 1. The Hall–Kier alpha value is -1.62. The molecule has 0 aliphatic carbocycles. The number of carbonyl (C=O) groups is 1. The highest BCUT2D eigenvalue weighted by Gasteiger charge is 2.27. The average molecular weight is 253 g/mol. The van der Waals surface area contributed by atoms with Gasteiger partial charge in [-0.05, 0) is 26.0 Å². The van der Waals surface area contributed by atoms with E-state index in [4.69, 9.17) is 9.84 Å². The van der Waals surface area contributed by atoms with Crippen LogP contribution in [0, 0.1) is 5.82 Å². The van der Waals surface area contributed by atoms with Gasteiger partial charge in [-0.25, -0.2) is 4.39 Å². The standard InChI is InChI=1S/C13H16FNO3/c1-8-6-15(7-9(2)18-8)13(17)11-4-3-10(16)5-12(11)14/h3-5,8-9,16H,6-7H2,1-2H3. The summed E-state index contributed by atoms with van der Waals surface area (Å²) in [4.78, 5) is 13.7. The predicted octanol–water partition coefficient (Wildman–Crippen LogP) is 1.78. The van der Waals surface area contributed by atoms with Crippen molar-refractivity contribution >= 4 is 5.91 Å². The van der Waals surface area contributed by atoms with Crippen LogP contribution in [0.2, 0.25) is 0 Å². The summed E-state index contributed by atoms with van der Waals surface area (Å²) in [5.41, 5.74) is -0.0194. The molecular weight excluding hydrogens is 237 g/mol. The lowest BCUT2D eigenvalue weighted by Crippen LogP contribution is -2.48. The number of amides is 1. The lowest BCUT2D eigenvalue weighted by Gasteiger charge is -2.35. The topological polar surface area (TPSA) is 49.8 Å². The Balaban J connectivity index is 2.20. The van der Waals surface area contributed by atoms with Crippen LogP contribution in [-0.4, -0.2) is 41.2 Å². The van der Waals surface area contributed by atoms with Crippen molar-refractivity contribution in [2.75, 3.05) is 13.1 Å². The zero-order valence-corrected chi connectivity index (χ0v) is 10.4. The normalized spacial score (nSPS) is 24.1. The van der Waals surface area contributed by atoms with Crippen LogP contribution in [0.4, 0.5) is 4.39 Å². The molecule has 0 saturated carbocycles. The fourth-order valence-electron chi connectivity index (χ4n) is 2.19. The smallest absolute Gasteiger partial charge is 0.257 e. The molecule has 1 amide bonds. The number of rotatable bonds is 1. The van der Waals surface area contributed by atoms with Gasteiger partial charge in [0.05, 0.1) is 17.8 Å². The van der Waals surface area contributed by atoms with E-state index < -0.39 is 5.82 Å². The zero-order chi connectivity index (χ0) is 13.3. The summed E-state index contributed by atoms with van der Waals surface area (Å²) in [7, 11) is 0. The zero-order valence-electron chi connectivity index (χ0n) is 10.4. The fraction of sp³-hybridized carbons (Fsp3) is 0.462. The molecule has 2 unspecified atom stereocenters. The molecule has 1 aliphatic heterocycles. The Labute approximate surface area is 105 Å². The predicted molar refractivity (Wildman–Crippen MR) is 64.0 cm³/mol. The first-order chi connectivity index (χ1) is 8.47. The minimum atomic E-state index is -0.702. The second kappa shape index (κ2) is 4.94. The van der Waals surface area contributed by atoms with Crippen molar-refractivity contribution in [1.82, 2.24) is 4.90 Å². The highest BCUT2D eigenvalue weighted by atomic mass is 19.1. The van der Waals surface area contributed by atoms with Gasteiger partial charge in [-0.3, -0.25) is 4.79 Å². The molecule has 1 N–H and O–H groups in total. The second-order valence-corrected chi connectivity index (χ2v) is 4.63. The van der Waals surface area contributed by atoms with Crippen molar-refractivity contribution in [3.8, 4) is 5.75 Å². The molecule has 18 heavy (non-hydrogen) atoms. The molecule has 1 aliphatic rings. The number of carbonyl (C=O) groups excluding carboxylic acids is 1. The lowest BCUT2D eigenvalue weighted by molar-refractivity contribution is -0.0587. The van der Waals surface area contributed by atoms with E-state index in [9.17, 15) is 9.18 Å². The van der Waals surface area contributed by atoms with E-state index in [0.29, 0.717) is 13.1 Å². The first kappa shape index (κ1) is 12.8. The van der Waals surface area contributed by atoms with E-state index in [-0.39, 0.29) is 29.4 Å². The Morgan fingerprint density at radius 3 is 2.56 bits per heavy atom. The largest absolute Gasteiger partial charge is 0.508 e. The summed E-state index contributed by atoms with van der Waals surface area (Å²) in [6.07, 6.45) is -0.115. The van der Waals surface area contributed by atoms with Crippen LogP contribution < -0.4 is 0 Å². The van der Waals surface area contributed by atoms with Gasteiger partial charge in [-0.1, -0.05) is 0 Å². The first-order valence-corrected chi connectivity index (χ1v) is 5.90. The number of hydrogen-bond donors (Lipinski definition) is 1. The van der Waals surface area contributed by atoms with Gasteiger partial charge >= 0.3 is 0 Å². The van der Waals surface area contributed by atoms with Gasteiger partial charge in [0.15, 0.2) is 0 Å². The Morgan fingerprint density at radius 2 is 2.00 bits per heavy atom. The number of benzene rings is 1. The quantitative estimate of drug-likeness (QED) is 0.830. The summed E-state index contributed by atoms with van der Waals surface area (Å²) in [6, 6.07) is 3.56. The van der Waals surface area contributed by atoms with Crippen molar-refractivity contribution < 1.29 is 19.0 Å². The first-order valence-electron chi connectivity index (χ1n) is 5.90. The molecule has 0 spiro atoms. The maximum absolute atomic E-state index is 13.6. The Kier molecular flexibility index (Phi) is 3.52. The molecule has 0 radical (unpaired) electrons. The molecule has 5 heteroatoms. The SMILES string of the molecule is CC1CN(C(=O)c2ccc(O)cc2F)CC(C)O1. The fourth-order valence-corrected chi connectivity index (χ4v) is 2.19. The molecule has 0 bridgehead atoms. The number of aromatic hydroxyl groups is 1. The van der Waals surface area contributed by atoms with Crippen LogP contribution in [-0.2, 0) is 4.74 Å². The van der Waals surface area contributed by atoms with Gasteiger partial charge in [-0.15, -0.1) is 0 Å². The Morgan fingerprint density at radius 1 is 1.39 bits per heavy atom. The number of nitrogens with zero attached hydrogens (tertiary/aromatic N) is 1. The number of hydrogen-bond acceptors (Lipinski definition) is 3. The van der Waals surface area contributed by atoms with Crippen molar-refractivity contribution in [3.05, 3.63) is 29.6 Å². The van der Waals surface area contributed by atoms with Crippen molar-refractivity contribution in [2.24, 2.45) is 0 Å². The van der Waals surface area contributed by atoms with Crippen LogP contribution in [0.15, 0.2) is 18.2 Å². The lowest BCUT2D eigenvalue weighted by atomic mass is 10.1. The van der Waals surface area contributed by atoms with Crippen LogP contribution in [0.25, 0.3) is 0 Å². The van der Waals surface area contributed by atoms with Crippen molar-refractivity contribution in [3.63, 3.8) is 0 Å². The molecule has 2 rings (SSSR count). The van der Waals surface area contributed by atoms with E-state index in [1.807, 2.05) is 13.8 Å². The summed E-state index contributed by atoms with van der Waals surface area (Å²) >= 11 is 0. The van der Waals surface area contributed by atoms with E-state index in [1.165, 1.54) is 12.1 Å². The monoisotopic (exact) mass is 253 g/mol. The van der Waals surface area contributed by atoms with E-state index in [2.05, 4.69) is 0 Å². The molecule has 0 aromatic heterocycles. The molecule has 1 aromatic rings.